The molecule has 0 aliphatic heterocycles. The van der Waals surface area contributed by atoms with Crippen LogP contribution in [0.5, 0.6) is 0 Å². The van der Waals surface area contributed by atoms with E-state index in [1.165, 1.54) is 0 Å². The third-order valence-corrected chi connectivity index (χ3v) is 6.81. The average molecular weight is 461 g/mol. The fourth-order valence-corrected chi connectivity index (χ4v) is 4.19. The molecule has 0 saturated heterocycles. The molecule has 0 radical (unpaired) electrons. The molecule has 0 atom stereocenters. The van der Waals surface area contributed by atoms with Gasteiger partial charge in [-0.15, -0.1) is 0 Å². The third kappa shape index (κ3) is 4.49. The first-order valence-electron chi connectivity index (χ1n) is 11.9. The molecular weight excluding hydrogens is 428 g/mol. The number of carbonyl (C=O) groups is 2. The molecule has 0 spiro atoms. The average Bonchev–Trinajstić information content (AvgIpc) is 3.58. The number of ether oxygens (including phenoxy) is 1. The van der Waals surface area contributed by atoms with Crippen LogP contribution in [0.4, 0.5) is 0 Å². The lowest BCUT2D eigenvalue weighted by atomic mass is 9.93. The summed E-state index contributed by atoms with van der Waals surface area (Å²) in [5.74, 6) is 0.550. The van der Waals surface area contributed by atoms with Gasteiger partial charge in [-0.2, -0.15) is 0 Å². The summed E-state index contributed by atoms with van der Waals surface area (Å²) >= 11 is 0. The van der Waals surface area contributed by atoms with Gasteiger partial charge in [-0.1, -0.05) is 53.7 Å². The van der Waals surface area contributed by atoms with Gasteiger partial charge in [-0.3, -0.25) is 9.59 Å². The van der Waals surface area contributed by atoms with Crippen molar-refractivity contribution in [1.82, 2.24) is 10.1 Å². The lowest BCUT2D eigenvalue weighted by Gasteiger charge is -2.21. The Bertz CT molecular complexity index is 1170. The fourth-order valence-electron chi connectivity index (χ4n) is 4.19. The van der Waals surface area contributed by atoms with E-state index < -0.39 is 5.41 Å². The maximum atomic E-state index is 12.6. The second-order valence-electron chi connectivity index (χ2n) is 9.31. The van der Waals surface area contributed by atoms with E-state index in [-0.39, 0.29) is 24.3 Å². The minimum Gasteiger partial charge on any atom is -0.465 e. The number of amides is 1. The van der Waals surface area contributed by atoms with Crippen molar-refractivity contribution in [1.29, 1.82) is 0 Å². The number of likely N-dealkylation sites (N-methyl/N-ethyl adjacent to an activating group) is 1. The van der Waals surface area contributed by atoms with Crippen molar-refractivity contribution in [2.75, 3.05) is 13.7 Å². The molecule has 1 aliphatic rings. The first-order chi connectivity index (χ1) is 16.3. The molecule has 1 aliphatic carbocycles. The van der Waals surface area contributed by atoms with Crippen LogP contribution in [0.15, 0.2) is 53.1 Å². The zero-order valence-corrected chi connectivity index (χ0v) is 20.6. The molecule has 178 valence electrons. The second kappa shape index (κ2) is 9.45. The minimum atomic E-state index is -0.458. The van der Waals surface area contributed by atoms with Crippen LogP contribution >= 0.6 is 0 Å². The predicted molar refractivity (Wildman–Crippen MR) is 131 cm³/mol. The van der Waals surface area contributed by atoms with Crippen LogP contribution in [0.1, 0.15) is 50.4 Å². The Kier molecular flexibility index (Phi) is 6.60. The molecule has 3 aromatic rings. The van der Waals surface area contributed by atoms with Crippen molar-refractivity contribution in [3.05, 3.63) is 65.4 Å². The molecule has 1 saturated carbocycles. The molecule has 4 rings (SSSR count). The van der Waals surface area contributed by atoms with Crippen LogP contribution in [-0.2, 0) is 26.2 Å². The van der Waals surface area contributed by atoms with Gasteiger partial charge in [0.25, 0.3) is 0 Å². The highest BCUT2D eigenvalue weighted by Gasteiger charge is 2.52. The number of benzene rings is 2. The summed E-state index contributed by atoms with van der Waals surface area (Å²) in [6, 6.07) is 16.3. The van der Waals surface area contributed by atoms with E-state index in [9.17, 15) is 9.59 Å². The van der Waals surface area contributed by atoms with Gasteiger partial charge in [-0.05, 0) is 57.2 Å². The summed E-state index contributed by atoms with van der Waals surface area (Å²) in [6.07, 6.45) is 1.94. The lowest BCUT2D eigenvalue weighted by molar-refractivity contribution is -0.146. The summed E-state index contributed by atoms with van der Waals surface area (Å²) in [4.78, 5) is 26.7. The van der Waals surface area contributed by atoms with Crippen molar-refractivity contribution < 1.29 is 18.8 Å². The van der Waals surface area contributed by atoms with E-state index >= 15 is 0 Å². The van der Waals surface area contributed by atoms with Gasteiger partial charge in [0.1, 0.15) is 0 Å². The number of hydrogen-bond acceptors (Lipinski definition) is 5. The Morgan fingerprint density at radius 2 is 1.59 bits per heavy atom. The minimum absolute atomic E-state index is 0.0375. The maximum absolute atomic E-state index is 12.6. The zero-order chi connectivity index (χ0) is 24.5. The molecule has 0 unspecified atom stereocenters. The molecule has 1 aromatic heterocycles. The Morgan fingerprint density at radius 3 is 2.12 bits per heavy atom. The van der Waals surface area contributed by atoms with Crippen molar-refractivity contribution >= 4 is 11.9 Å². The Hall–Kier alpha value is -3.41. The quantitative estimate of drug-likeness (QED) is 0.425. The topological polar surface area (TPSA) is 72.6 Å². The van der Waals surface area contributed by atoms with Crippen molar-refractivity contribution in [3.63, 3.8) is 0 Å². The van der Waals surface area contributed by atoms with Gasteiger partial charge in [0.2, 0.25) is 5.91 Å². The van der Waals surface area contributed by atoms with Crippen LogP contribution in [0.25, 0.3) is 22.5 Å². The van der Waals surface area contributed by atoms with Crippen LogP contribution < -0.4 is 0 Å². The summed E-state index contributed by atoms with van der Waals surface area (Å²) in [6.45, 7) is 8.09. The van der Waals surface area contributed by atoms with Gasteiger partial charge < -0.3 is 14.2 Å². The summed E-state index contributed by atoms with van der Waals surface area (Å²) in [7, 11) is 1.81. The lowest BCUT2D eigenvalue weighted by Crippen LogP contribution is -2.34. The van der Waals surface area contributed by atoms with Crippen LogP contribution in [0, 0.1) is 6.92 Å². The largest absolute Gasteiger partial charge is 0.465 e. The summed E-state index contributed by atoms with van der Waals surface area (Å²) in [5.41, 5.74) is 5.13. The number of aryl methyl sites for hydroxylation is 1. The molecule has 1 fully saturated rings. The van der Waals surface area contributed by atoms with Crippen molar-refractivity contribution in [2.45, 2.75) is 58.4 Å². The number of aromatic nitrogens is 1. The molecule has 6 heteroatoms. The first-order valence-corrected chi connectivity index (χ1v) is 11.9. The molecule has 0 bridgehead atoms. The van der Waals surface area contributed by atoms with E-state index in [2.05, 4.69) is 5.16 Å². The zero-order valence-electron chi connectivity index (χ0n) is 20.6. The molecule has 1 heterocycles. The molecule has 0 N–H and O–H groups in total. The number of rotatable bonds is 8. The normalized spacial score (nSPS) is 14.2. The van der Waals surface area contributed by atoms with Crippen LogP contribution in [0.3, 0.4) is 0 Å². The molecule has 1 amide bonds. The Morgan fingerprint density at radius 1 is 1.03 bits per heavy atom. The second-order valence-corrected chi connectivity index (χ2v) is 9.31. The van der Waals surface area contributed by atoms with Gasteiger partial charge in [-0.25, -0.2) is 0 Å². The standard InChI is InChI=1S/C28H32N2O4/c1-6-33-27(32)28(15-16-28)23-13-11-21(12-14-23)20-7-9-22(10-8-20)26-24(19(4)29-34-26)17-25(31)30(5)18(2)3/h7-14,18H,6,15-17H2,1-5H3. The van der Waals surface area contributed by atoms with Crippen LogP contribution in [-0.4, -0.2) is 41.6 Å². The number of hydrogen-bond donors (Lipinski definition) is 0. The van der Waals surface area contributed by atoms with Gasteiger partial charge in [0.15, 0.2) is 5.76 Å². The van der Waals surface area contributed by atoms with Gasteiger partial charge in [0.05, 0.1) is 24.1 Å². The monoisotopic (exact) mass is 460 g/mol. The molecular formula is C28H32N2O4. The molecule has 2 aromatic carbocycles. The number of esters is 1. The Labute approximate surface area is 200 Å². The predicted octanol–water partition coefficient (Wildman–Crippen LogP) is 5.32. The SMILES string of the molecule is CCOC(=O)C1(c2ccc(-c3ccc(-c4onc(C)c4CC(=O)N(C)C(C)C)cc3)cc2)CC1. The van der Waals surface area contributed by atoms with E-state index in [1.54, 1.807) is 4.90 Å². The van der Waals surface area contributed by atoms with Crippen molar-refractivity contribution in [3.8, 4) is 22.5 Å². The van der Waals surface area contributed by atoms with Gasteiger partial charge >= 0.3 is 5.97 Å². The van der Waals surface area contributed by atoms with E-state index in [0.29, 0.717) is 12.4 Å². The highest BCUT2D eigenvalue weighted by molar-refractivity contribution is 5.87. The highest BCUT2D eigenvalue weighted by atomic mass is 16.5. The number of carbonyl (C=O) groups excluding carboxylic acids is 2. The third-order valence-electron chi connectivity index (χ3n) is 6.81. The van der Waals surface area contributed by atoms with Crippen molar-refractivity contribution in [2.24, 2.45) is 0 Å². The number of nitrogens with zero attached hydrogens (tertiary/aromatic N) is 2. The van der Waals surface area contributed by atoms with E-state index in [1.807, 2.05) is 83.3 Å². The molecule has 6 nitrogen and oxygen atoms in total. The summed E-state index contributed by atoms with van der Waals surface area (Å²) < 4.78 is 10.9. The smallest absolute Gasteiger partial charge is 0.316 e. The Balaban J connectivity index is 1.53. The summed E-state index contributed by atoms with van der Waals surface area (Å²) in [5, 5.41) is 4.11. The van der Waals surface area contributed by atoms with E-state index in [4.69, 9.17) is 9.26 Å². The highest BCUT2D eigenvalue weighted by Crippen LogP contribution is 2.49. The molecule has 34 heavy (non-hydrogen) atoms. The maximum Gasteiger partial charge on any atom is 0.316 e. The first kappa shape index (κ1) is 23.7. The van der Waals surface area contributed by atoms with Crippen LogP contribution in [0.2, 0.25) is 0 Å². The van der Waals surface area contributed by atoms with Gasteiger partial charge in [0, 0.05) is 24.2 Å². The fraction of sp³-hybridized carbons (Fsp3) is 0.393. The van der Waals surface area contributed by atoms with E-state index in [0.717, 1.165) is 46.4 Å².